The Kier molecular flexibility index (Phi) is 6.56. The molecule has 0 amide bonds. The van der Waals surface area contributed by atoms with Gasteiger partial charge in [-0.2, -0.15) is 0 Å². The van der Waals surface area contributed by atoms with Gasteiger partial charge in [-0.05, 0) is 16.9 Å². The first kappa shape index (κ1) is 9.67. The van der Waals surface area contributed by atoms with Gasteiger partial charge >= 0.3 is 0 Å². The second-order valence-electron chi connectivity index (χ2n) is 1.46. The normalized spacial score (nSPS) is 11.9. The molecule has 1 nitrogen and oxygen atoms in total. The third-order valence-electron chi connectivity index (χ3n) is 0.810. The minimum atomic E-state index is 0.646. The number of allylic oxidation sites excluding steroid dienone is 1. The topological polar surface area (TPSA) is 12.4 Å². The van der Waals surface area contributed by atoms with Gasteiger partial charge in [0.2, 0.25) is 0 Å². The maximum atomic E-state index is 5.03. The van der Waals surface area contributed by atoms with Crippen molar-refractivity contribution in [2.24, 2.45) is 4.99 Å². The molecule has 0 aliphatic heterocycles. The predicted octanol–water partition coefficient (Wildman–Crippen LogP) is 2.17. The lowest BCUT2D eigenvalue weighted by molar-refractivity contribution is 1.45. The van der Waals surface area contributed by atoms with Crippen LogP contribution >= 0.6 is 22.5 Å². The Morgan fingerprint density at radius 1 is 1.90 bits per heavy atom. The van der Waals surface area contributed by atoms with Crippen LogP contribution in [0.3, 0.4) is 0 Å². The average molecular weight is 171 g/mol. The van der Waals surface area contributed by atoms with Crippen LogP contribution in [0.4, 0.5) is 0 Å². The van der Waals surface area contributed by atoms with Crippen molar-refractivity contribution in [2.75, 3.05) is 7.05 Å². The van der Waals surface area contributed by atoms with Gasteiger partial charge in [-0.1, -0.05) is 6.08 Å². The Labute approximate surface area is 70.8 Å². The number of thiol groups is 1. The summed E-state index contributed by atoms with van der Waals surface area (Å²) in [6.45, 7) is 0. The molecule has 3 heteroatoms. The van der Waals surface area contributed by atoms with Crippen LogP contribution in [0.25, 0.3) is 0 Å². The summed E-state index contributed by atoms with van der Waals surface area (Å²) in [6.07, 6.45) is 9.42. The zero-order valence-electron chi connectivity index (χ0n) is 5.74. The molecule has 0 aromatic heterocycles. The summed E-state index contributed by atoms with van der Waals surface area (Å²) in [5.74, 6) is 2.50. The van der Waals surface area contributed by atoms with E-state index >= 15 is 0 Å². The van der Waals surface area contributed by atoms with E-state index < -0.39 is 0 Å². The highest BCUT2D eigenvalue weighted by Gasteiger charge is 1.85. The molecule has 0 atom stereocenters. The van der Waals surface area contributed by atoms with E-state index in [0.717, 1.165) is 5.04 Å². The first-order valence-corrected chi connectivity index (χ1v) is 4.60. The van der Waals surface area contributed by atoms with Crippen molar-refractivity contribution in [3.8, 4) is 12.3 Å². The number of aliphatic imine (C=N–C) groups is 1. The minimum Gasteiger partial charge on any atom is -0.281 e. The highest BCUT2D eigenvalue weighted by molar-refractivity contribution is 8.75. The first-order valence-electron chi connectivity index (χ1n) is 2.73. The van der Waals surface area contributed by atoms with E-state index in [0.29, 0.717) is 6.42 Å². The predicted molar refractivity (Wildman–Crippen MR) is 52.5 cm³/mol. The molecule has 0 unspecified atom stereocenters. The number of nitrogens with zero attached hydrogens (tertiary/aromatic N) is 1. The molecule has 0 spiro atoms. The Hall–Kier alpha value is -0.330. The molecule has 0 bridgehead atoms. The molecule has 0 saturated heterocycles. The van der Waals surface area contributed by atoms with Crippen LogP contribution in [0.1, 0.15) is 6.42 Å². The van der Waals surface area contributed by atoms with Gasteiger partial charge in [0.05, 0.1) is 0 Å². The molecule has 0 radical (unpaired) electrons. The standard InChI is InChI=1S/C7H9NS2/c1-3-4-5-6-7(8-2)10-9/h1,5-6,9H,4H2,2H3/b6-5-,8-7+. The second-order valence-corrected chi connectivity index (χ2v) is 2.61. The molecule has 0 heterocycles. The summed E-state index contributed by atoms with van der Waals surface area (Å²) in [6, 6.07) is 0. The van der Waals surface area contributed by atoms with E-state index in [4.69, 9.17) is 6.42 Å². The van der Waals surface area contributed by atoms with Crippen molar-refractivity contribution in [3.05, 3.63) is 12.2 Å². The average Bonchev–Trinajstić information content (AvgIpc) is 1.99. The van der Waals surface area contributed by atoms with Gasteiger partial charge in [-0.15, -0.1) is 24.0 Å². The number of rotatable bonds is 2. The molecule has 10 heavy (non-hydrogen) atoms. The monoisotopic (exact) mass is 171 g/mol. The highest BCUT2D eigenvalue weighted by atomic mass is 33.1. The lowest BCUT2D eigenvalue weighted by atomic mass is 10.4. The van der Waals surface area contributed by atoms with Gasteiger partial charge in [0.1, 0.15) is 5.04 Å². The zero-order valence-corrected chi connectivity index (χ0v) is 7.45. The maximum absolute atomic E-state index is 5.03. The van der Waals surface area contributed by atoms with Crippen LogP contribution in [-0.2, 0) is 0 Å². The molecule has 0 aliphatic rings. The number of terminal acetylenes is 1. The fourth-order valence-corrected chi connectivity index (χ4v) is 1.04. The number of hydrogen-bond acceptors (Lipinski definition) is 3. The molecule has 0 N–H and O–H groups in total. The van der Waals surface area contributed by atoms with E-state index in [9.17, 15) is 0 Å². The molecule has 0 aliphatic carbocycles. The van der Waals surface area contributed by atoms with Crippen molar-refractivity contribution >= 4 is 27.5 Å². The van der Waals surface area contributed by atoms with Crippen LogP contribution < -0.4 is 0 Å². The van der Waals surface area contributed by atoms with Crippen LogP contribution in [-0.4, -0.2) is 12.1 Å². The smallest absolute Gasteiger partial charge is 0.100 e. The van der Waals surface area contributed by atoms with E-state index in [2.05, 4.69) is 22.6 Å². The van der Waals surface area contributed by atoms with E-state index in [1.807, 2.05) is 12.2 Å². The van der Waals surface area contributed by atoms with Gasteiger partial charge in [-0.25, -0.2) is 0 Å². The van der Waals surface area contributed by atoms with Gasteiger partial charge in [-0.3, -0.25) is 4.99 Å². The highest BCUT2D eigenvalue weighted by Crippen LogP contribution is 2.09. The Morgan fingerprint density at radius 2 is 2.60 bits per heavy atom. The second kappa shape index (κ2) is 6.79. The first-order chi connectivity index (χ1) is 4.85. The van der Waals surface area contributed by atoms with Gasteiger partial charge in [0, 0.05) is 13.5 Å². The van der Waals surface area contributed by atoms with E-state index in [1.54, 1.807) is 7.05 Å². The molecule has 0 saturated carbocycles. The Bertz CT molecular complexity index is 177. The summed E-state index contributed by atoms with van der Waals surface area (Å²) < 4.78 is 0. The van der Waals surface area contributed by atoms with Crippen LogP contribution in [0, 0.1) is 12.3 Å². The molecule has 54 valence electrons. The van der Waals surface area contributed by atoms with Crippen LogP contribution in [0.15, 0.2) is 17.1 Å². The molecular weight excluding hydrogens is 162 g/mol. The third-order valence-corrected chi connectivity index (χ3v) is 1.88. The maximum Gasteiger partial charge on any atom is 0.100 e. The third kappa shape index (κ3) is 4.54. The van der Waals surface area contributed by atoms with Gasteiger partial charge in [0.15, 0.2) is 0 Å². The molecule has 0 rings (SSSR count). The molecule has 0 fully saturated rings. The SMILES string of the molecule is C#CC/C=C\C(=N/C)SS. The van der Waals surface area contributed by atoms with Crippen molar-refractivity contribution in [3.63, 3.8) is 0 Å². The Balaban J connectivity index is 3.77. The molecular formula is C7H9NS2. The lowest BCUT2D eigenvalue weighted by Crippen LogP contribution is -1.79. The quantitative estimate of drug-likeness (QED) is 0.221. The van der Waals surface area contributed by atoms with Crippen LogP contribution in [0.5, 0.6) is 0 Å². The van der Waals surface area contributed by atoms with Crippen molar-refractivity contribution in [1.29, 1.82) is 0 Å². The van der Waals surface area contributed by atoms with Crippen molar-refractivity contribution in [1.82, 2.24) is 0 Å². The molecule has 0 aromatic rings. The lowest BCUT2D eigenvalue weighted by Gasteiger charge is -1.88. The summed E-state index contributed by atoms with van der Waals surface area (Å²) in [5, 5.41) is 0.874. The summed E-state index contributed by atoms with van der Waals surface area (Å²) >= 11 is 3.98. The van der Waals surface area contributed by atoms with Crippen molar-refractivity contribution < 1.29 is 0 Å². The fraction of sp³-hybridized carbons (Fsp3) is 0.286. The Morgan fingerprint density at radius 3 is 3.00 bits per heavy atom. The summed E-state index contributed by atoms with van der Waals surface area (Å²) in [4.78, 5) is 3.93. The van der Waals surface area contributed by atoms with Crippen LogP contribution in [0.2, 0.25) is 0 Å². The summed E-state index contributed by atoms with van der Waals surface area (Å²) in [5.41, 5.74) is 0. The number of hydrogen-bond donors (Lipinski definition) is 1. The summed E-state index contributed by atoms with van der Waals surface area (Å²) in [7, 11) is 3.03. The van der Waals surface area contributed by atoms with Crippen molar-refractivity contribution in [2.45, 2.75) is 6.42 Å². The minimum absolute atomic E-state index is 0.646. The fourth-order valence-electron chi connectivity index (χ4n) is 0.374. The molecule has 0 aromatic carbocycles. The van der Waals surface area contributed by atoms with E-state index in [-0.39, 0.29) is 0 Å². The zero-order chi connectivity index (χ0) is 7.82. The largest absolute Gasteiger partial charge is 0.281 e. The van der Waals surface area contributed by atoms with E-state index in [1.165, 1.54) is 10.8 Å². The van der Waals surface area contributed by atoms with Gasteiger partial charge < -0.3 is 0 Å². The van der Waals surface area contributed by atoms with Gasteiger partial charge in [0.25, 0.3) is 0 Å².